The van der Waals surface area contributed by atoms with E-state index in [9.17, 15) is 0 Å². The molecular weight excluding hydrogens is 136 g/mol. The van der Waals surface area contributed by atoms with E-state index in [1.807, 2.05) is 0 Å². The van der Waals surface area contributed by atoms with Crippen LogP contribution in [-0.2, 0) is 20.0 Å². The van der Waals surface area contributed by atoms with E-state index in [0.717, 1.165) is 13.0 Å². The second-order valence-electron chi connectivity index (χ2n) is 2.87. The number of aromatic nitrogens is 2. The Hall–Kier alpha value is -0.790. The molecule has 1 rings (SSSR count). The molecule has 0 radical (unpaired) electrons. The molecule has 0 spiro atoms. The summed E-state index contributed by atoms with van der Waals surface area (Å²) in [5.74, 6) is 1.34. The van der Waals surface area contributed by atoms with Crippen LogP contribution in [0.25, 0.3) is 0 Å². The van der Waals surface area contributed by atoms with Gasteiger partial charge in [-0.25, -0.2) is 9.13 Å². The average Bonchev–Trinajstić information content (AvgIpc) is 2.30. The van der Waals surface area contributed by atoms with Crippen molar-refractivity contribution in [3.05, 3.63) is 17.7 Å². The largest absolute Gasteiger partial charge is 0.253 e. The van der Waals surface area contributed by atoms with Gasteiger partial charge in [0.25, 0.3) is 5.82 Å². The van der Waals surface area contributed by atoms with Crippen LogP contribution in [0.1, 0.15) is 25.4 Å². The fourth-order valence-electron chi connectivity index (χ4n) is 1.41. The lowest BCUT2D eigenvalue weighted by Gasteiger charge is -1.91. The zero-order valence-corrected chi connectivity index (χ0v) is 7.89. The van der Waals surface area contributed by atoms with Crippen LogP contribution in [0.5, 0.6) is 0 Å². The van der Waals surface area contributed by atoms with Crippen LogP contribution < -0.4 is 4.57 Å². The Balaban J connectivity index is 3.12. The van der Waals surface area contributed by atoms with E-state index in [0.29, 0.717) is 0 Å². The van der Waals surface area contributed by atoms with Gasteiger partial charge >= 0.3 is 0 Å². The molecule has 0 aliphatic rings. The fraction of sp³-hybridized carbons (Fsp3) is 0.667. The summed E-state index contributed by atoms with van der Waals surface area (Å²) in [5, 5.41) is 0. The molecule has 0 aliphatic heterocycles. The Morgan fingerprint density at radius 3 is 2.36 bits per heavy atom. The van der Waals surface area contributed by atoms with Crippen molar-refractivity contribution in [2.24, 2.45) is 7.05 Å². The van der Waals surface area contributed by atoms with Gasteiger partial charge in [0.15, 0.2) is 0 Å². The van der Waals surface area contributed by atoms with Crippen molar-refractivity contribution in [3.8, 4) is 0 Å². The lowest BCUT2D eigenvalue weighted by Crippen LogP contribution is -2.33. The van der Waals surface area contributed by atoms with Gasteiger partial charge in [0.2, 0.25) is 0 Å². The van der Waals surface area contributed by atoms with E-state index in [2.05, 4.69) is 43.1 Å². The van der Waals surface area contributed by atoms with Crippen LogP contribution in [0.15, 0.2) is 6.20 Å². The van der Waals surface area contributed by atoms with Crippen molar-refractivity contribution < 1.29 is 4.57 Å². The minimum Gasteiger partial charge on any atom is -0.234 e. The molecular formula is C9H17N2+. The van der Waals surface area contributed by atoms with Crippen LogP contribution in [0.4, 0.5) is 0 Å². The quantitative estimate of drug-likeness (QED) is 0.565. The summed E-state index contributed by atoms with van der Waals surface area (Å²) in [6.45, 7) is 7.59. The molecule has 0 unspecified atom stereocenters. The second-order valence-corrected chi connectivity index (χ2v) is 2.87. The zero-order chi connectivity index (χ0) is 8.43. The third-order valence-electron chi connectivity index (χ3n) is 2.34. The zero-order valence-electron chi connectivity index (χ0n) is 7.89. The summed E-state index contributed by atoms with van der Waals surface area (Å²) in [6, 6.07) is 0. The Labute approximate surface area is 68.5 Å². The lowest BCUT2D eigenvalue weighted by atomic mass is 10.4. The third-order valence-corrected chi connectivity index (χ3v) is 2.34. The number of aryl methyl sites for hydroxylation is 2. The molecule has 0 N–H and O–H groups in total. The van der Waals surface area contributed by atoms with E-state index in [1.165, 1.54) is 11.5 Å². The second kappa shape index (κ2) is 3.07. The van der Waals surface area contributed by atoms with Crippen molar-refractivity contribution in [2.75, 3.05) is 0 Å². The van der Waals surface area contributed by atoms with Crippen LogP contribution in [0.2, 0.25) is 0 Å². The monoisotopic (exact) mass is 153 g/mol. The van der Waals surface area contributed by atoms with Crippen molar-refractivity contribution >= 4 is 0 Å². The Morgan fingerprint density at radius 1 is 1.45 bits per heavy atom. The van der Waals surface area contributed by atoms with Gasteiger partial charge < -0.3 is 0 Å². The van der Waals surface area contributed by atoms with Crippen LogP contribution >= 0.6 is 0 Å². The average molecular weight is 153 g/mol. The molecule has 11 heavy (non-hydrogen) atoms. The molecule has 0 aromatic carbocycles. The van der Waals surface area contributed by atoms with Gasteiger partial charge in [-0.2, -0.15) is 0 Å². The van der Waals surface area contributed by atoms with E-state index in [1.54, 1.807) is 0 Å². The summed E-state index contributed by atoms with van der Waals surface area (Å²) in [4.78, 5) is 0. The molecule has 0 fully saturated rings. The fourth-order valence-corrected chi connectivity index (χ4v) is 1.41. The van der Waals surface area contributed by atoms with Gasteiger partial charge in [0.05, 0.1) is 13.6 Å². The highest BCUT2D eigenvalue weighted by atomic mass is 15.1. The van der Waals surface area contributed by atoms with Crippen molar-refractivity contribution in [2.45, 2.75) is 33.7 Å². The number of rotatable bonds is 2. The molecule has 1 aromatic rings. The van der Waals surface area contributed by atoms with Crippen molar-refractivity contribution in [1.29, 1.82) is 0 Å². The van der Waals surface area contributed by atoms with Crippen LogP contribution in [-0.4, -0.2) is 4.57 Å². The number of hydrogen-bond acceptors (Lipinski definition) is 0. The molecule has 0 bridgehead atoms. The minimum atomic E-state index is 1.07. The molecule has 62 valence electrons. The summed E-state index contributed by atoms with van der Waals surface area (Å²) >= 11 is 0. The van der Waals surface area contributed by atoms with Gasteiger partial charge in [-0.05, 0) is 6.92 Å². The predicted octanol–water partition coefficient (Wildman–Crippen LogP) is 1.20. The molecule has 1 aromatic heterocycles. The molecule has 0 saturated carbocycles. The summed E-state index contributed by atoms with van der Waals surface area (Å²) in [5.41, 5.74) is 1.41. The highest BCUT2D eigenvalue weighted by Gasteiger charge is 2.12. The van der Waals surface area contributed by atoms with E-state index in [4.69, 9.17) is 0 Å². The van der Waals surface area contributed by atoms with Gasteiger partial charge in [-0.15, -0.1) is 0 Å². The molecule has 0 amide bonds. The van der Waals surface area contributed by atoms with Gasteiger partial charge in [-0.1, -0.05) is 6.92 Å². The normalized spacial score (nSPS) is 10.5. The summed E-state index contributed by atoms with van der Waals surface area (Å²) < 4.78 is 4.53. The first-order valence-corrected chi connectivity index (χ1v) is 4.25. The first-order valence-electron chi connectivity index (χ1n) is 4.25. The summed E-state index contributed by atoms with van der Waals surface area (Å²) in [7, 11) is 2.13. The predicted molar refractivity (Wildman–Crippen MR) is 45.4 cm³/mol. The third kappa shape index (κ3) is 1.30. The SMILES string of the molecule is CCc1c[n+](CC)c(C)n1C. The van der Waals surface area contributed by atoms with Crippen LogP contribution in [0, 0.1) is 6.92 Å². The van der Waals surface area contributed by atoms with Gasteiger partial charge in [-0.3, -0.25) is 0 Å². The topological polar surface area (TPSA) is 8.81 Å². The standard InChI is InChI=1S/C9H17N2/c1-5-9-7-11(6-2)8(3)10(9)4/h7H,5-6H2,1-4H3/q+1. The summed E-state index contributed by atoms with van der Waals surface area (Å²) in [6.07, 6.45) is 3.35. The molecule has 0 atom stereocenters. The van der Waals surface area contributed by atoms with E-state index >= 15 is 0 Å². The van der Waals surface area contributed by atoms with Gasteiger partial charge in [0.1, 0.15) is 11.9 Å². The lowest BCUT2D eigenvalue weighted by molar-refractivity contribution is -0.699. The maximum atomic E-state index is 2.28. The maximum absolute atomic E-state index is 2.28. The van der Waals surface area contributed by atoms with Crippen LogP contribution in [0.3, 0.4) is 0 Å². The maximum Gasteiger partial charge on any atom is 0.253 e. The van der Waals surface area contributed by atoms with E-state index in [-0.39, 0.29) is 0 Å². The smallest absolute Gasteiger partial charge is 0.234 e. The molecule has 1 heterocycles. The Morgan fingerprint density at radius 2 is 2.09 bits per heavy atom. The van der Waals surface area contributed by atoms with E-state index < -0.39 is 0 Å². The minimum absolute atomic E-state index is 1.07. The Bertz CT molecular complexity index is 224. The molecule has 0 saturated heterocycles. The Kier molecular flexibility index (Phi) is 2.32. The highest BCUT2D eigenvalue weighted by Crippen LogP contribution is 1.99. The number of nitrogens with zero attached hydrogens (tertiary/aromatic N) is 2. The molecule has 0 aliphatic carbocycles. The van der Waals surface area contributed by atoms with Crippen molar-refractivity contribution in [1.82, 2.24) is 4.57 Å². The van der Waals surface area contributed by atoms with Crippen molar-refractivity contribution in [3.63, 3.8) is 0 Å². The molecule has 2 nitrogen and oxygen atoms in total. The first-order chi connectivity index (χ1) is 5.20. The van der Waals surface area contributed by atoms with Gasteiger partial charge in [0, 0.05) is 13.3 Å². The number of imidazole rings is 1. The molecule has 2 heteroatoms. The highest BCUT2D eigenvalue weighted by molar-refractivity contribution is 4.96. The first kappa shape index (κ1) is 8.31. The number of hydrogen-bond donors (Lipinski definition) is 0.